The molecule has 0 unspecified atom stereocenters. The molecule has 0 aliphatic rings. The fraction of sp³-hybridized carbons (Fsp3) is 0.286. The molecule has 0 saturated carbocycles. The average molecular weight is 390 g/mol. The number of pyridine rings is 1. The number of halogens is 3. The monoisotopic (exact) mass is 390 g/mol. The third-order valence-corrected chi connectivity index (χ3v) is 4.10. The topological polar surface area (TPSA) is 34.6 Å². The van der Waals surface area contributed by atoms with Gasteiger partial charge >= 0.3 is 6.18 Å². The van der Waals surface area contributed by atoms with Crippen molar-refractivity contribution in [2.45, 2.75) is 12.8 Å². The van der Waals surface area contributed by atoms with E-state index in [0.29, 0.717) is 12.3 Å². The van der Waals surface area contributed by atoms with E-state index in [1.165, 1.54) is 12.1 Å². The maximum atomic E-state index is 13.6. The van der Waals surface area contributed by atoms with Crippen molar-refractivity contribution in [2.75, 3.05) is 27.2 Å². The van der Waals surface area contributed by atoms with Gasteiger partial charge in [0.25, 0.3) is 0 Å². The standard InChI is InChI=1S/C21H21F3N2O2/c1-26(2)10-11-27-20-13-18(21(22,23)24)17-12-16(8-9-19(17)25-20)28-14-15-6-4-3-5-7-15/h3-9,12-13H,10-11,14H2,1-2H3. The number of rotatable bonds is 7. The normalized spacial score (nSPS) is 11.8. The average Bonchev–Trinajstić information content (AvgIpc) is 2.65. The van der Waals surface area contributed by atoms with Crippen molar-refractivity contribution in [1.29, 1.82) is 0 Å². The van der Waals surface area contributed by atoms with Gasteiger partial charge in [0.1, 0.15) is 19.0 Å². The maximum absolute atomic E-state index is 13.6. The highest BCUT2D eigenvalue weighted by molar-refractivity contribution is 5.84. The minimum atomic E-state index is -4.53. The van der Waals surface area contributed by atoms with Gasteiger partial charge in [-0.3, -0.25) is 0 Å². The Bertz CT molecular complexity index is 928. The summed E-state index contributed by atoms with van der Waals surface area (Å²) in [4.78, 5) is 6.09. The summed E-state index contributed by atoms with van der Waals surface area (Å²) in [5.74, 6) is 0.310. The van der Waals surface area contributed by atoms with Crippen molar-refractivity contribution in [3.8, 4) is 11.6 Å². The largest absolute Gasteiger partial charge is 0.489 e. The van der Waals surface area contributed by atoms with Crippen molar-refractivity contribution < 1.29 is 22.6 Å². The molecule has 0 fully saturated rings. The van der Waals surface area contributed by atoms with Crippen LogP contribution in [0.4, 0.5) is 13.2 Å². The Morgan fingerprint density at radius 3 is 2.39 bits per heavy atom. The SMILES string of the molecule is CN(C)CCOc1cc(C(F)(F)F)c2cc(OCc3ccccc3)ccc2n1. The van der Waals surface area contributed by atoms with Crippen LogP contribution in [0.15, 0.2) is 54.6 Å². The van der Waals surface area contributed by atoms with Crippen LogP contribution in [0.3, 0.4) is 0 Å². The molecule has 4 nitrogen and oxygen atoms in total. The van der Waals surface area contributed by atoms with Gasteiger partial charge in [-0.15, -0.1) is 0 Å². The smallest absolute Gasteiger partial charge is 0.417 e. The van der Waals surface area contributed by atoms with Gasteiger partial charge in [0.15, 0.2) is 0 Å². The van der Waals surface area contributed by atoms with E-state index >= 15 is 0 Å². The third-order valence-electron chi connectivity index (χ3n) is 4.10. The fourth-order valence-electron chi connectivity index (χ4n) is 2.65. The van der Waals surface area contributed by atoms with Gasteiger partial charge in [0, 0.05) is 18.0 Å². The molecule has 0 radical (unpaired) electrons. The number of fused-ring (bicyclic) bond motifs is 1. The van der Waals surface area contributed by atoms with E-state index in [1.54, 1.807) is 6.07 Å². The van der Waals surface area contributed by atoms with Crippen molar-refractivity contribution in [2.24, 2.45) is 0 Å². The highest BCUT2D eigenvalue weighted by atomic mass is 19.4. The molecule has 3 rings (SSSR count). The molecule has 3 aromatic rings. The van der Waals surface area contributed by atoms with E-state index in [2.05, 4.69) is 4.98 Å². The number of nitrogens with zero attached hydrogens (tertiary/aromatic N) is 2. The van der Waals surface area contributed by atoms with Crippen LogP contribution in [0.1, 0.15) is 11.1 Å². The molecular weight excluding hydrogens is 369 g/mol. The Balaban J connectivity index is 1.88. The lowest BCUT2D eigenvalue weighted by Crippen LogP contribution is -2.20. The lowest BCUT2D eigenvalue weighted by molar-refractivity contribution is -0.136. The third kappa shape index (κ3) is 5.13. The summed E-state index contributed by atoms with van der Waals surface area (Å²) in [6.45, 7) is 1.10. The molecule has 2 aromatic carbocycles. The maximum Gasteiger partial charge on any atom is 0.417 e. The van der Waals surface area contributed by atoms with Gasteiger partial charge in [0.2, 0.25) is 5.88 Å². The molecule has 0 amide bonds. The Labute approximate surface area is 161 Å². The van der Waals surface area contributed by atoms with E-state index in [0.717, 1.165) is 11.6 Å². The van der Waals surface area contributed by atoms with Crippen LogP contribution in [-0.4, -0.2) is 37.1 Å². The molecule has 1 aromatic heterocycles. The Morgan fingerprint density at radius 1 is 0.964 bits per heavy atom. The van der Waals surface area contributed by atoms with E-state index < -0.39 is 11.7 Å². The lowest BCUT2D eigenvalue weighted by Gasteiger charge is -2.15. The van der Waals surface area contributed by atoms with Gasteiger partial charge in [-0.1, -0.05) is 30.3 Å². The molecule has 28 heavy (non-hydrogen) atoms. The van der Waals surface area contributed by atoms with Crippen LogP contribution in [0, 0.1) is 0 Å². The first-order chi connectivity index (χ1) is 13.3. The van der Waals surface area contributed by atoms with Crippen LogP contribution in [0.5, 0.6) is 11.6 Å². The highest BCUT2D eigenvalue weighted by Crippen LogP contribution is 2.37. The number of alkyl halides is 3. The van der Waals surface area contributed by atoms with Crippen LogP contribution in [0.2, 0.25) is 0 Å². The van der Waals surface area contributed by atoms with Crippen molar-refractivity contribution in [3.63, 3.8) is 0 Å². The summed E-state index contributed by atoms with van der Waals surface area (Å²) < 4.78 is 51.9. The summed E-state index contributed by atoms with van der Waals surface area (Å²) in [5.41, 5.74) is 0.352. The number of benzene rings is 2. The molecule has 0 aliphatic carbocycles. The van der Waals surface area contributed by atoms with Crippen LogP contribution in [-0.2, 0) is 12.8 Å². The van der Waals surface area contributed by atoms with Gasteiger partial charge in [-0.05, 0) is 37.9 Å². The second-order valence-electron chi connectivity index (χ2n) is 6.61. The van der Waals surface area contributed by atoms with Gasteiger partial charge in [-0.25, -0.2) is 4.98 Å². The molecule has 0 atom stereocenters. The quantitative estimate of drug-likeness (QED) is 0.582. The summed E-state index contributed by atoms with van der Waals surface area (Å²) in [7, 11) is 3.71. The number of ether oxygens (including phenoxy) is 2. The number of aromatic nitrogens is 1. The zero-order valence-electron chi connectivity index (χ0n) is 15.7. The second-order valence-corrected chi connectivity index (χ2v) is 6.61. The van der Waals surface area contributed by atoms with Crippen molar-refractivity contribution in [1.82, 2.24) is 9.88 Å². The number of likely N-dealkylation sites (N-methyl/N-ethyl adjacent to an activating group) is 1. The zero-order chi connectivity index (χ0) is 20.1. The van der Waals surface area contributed by atoms with E-state index in [-0.39, 0.29) is 30.0 Å². The van der Waals surface area contributed by atoms with Crippen molar-refractivity contribution >= 4 is 10.9 Å². The fourth-order valence-corrected chi connectivity index (χ4v) is 2.65. The van der Waals surface area contributed by atoms with Gasteiger partial charge < -0.3 is 14.4 Å². The highest BCUT2D eigenvalue weighted by Gasteiger charge is 2.34. The minimum Gasteiger partial charge on any atom is -0.489 e. The predicted molar refractivity (Wildman–Crippen MR) is 102 cm³/mol. The Morgan fingerprint density at radius 2 is 1.71 bits per heavy atom. The number of hydrogen-bond donors (Lipinski definition) is 0. The summed E-state index contributed by atoms with van der Waals surface area (Å²) in [6, 6.07) is 14.9. The predicted octanol–water partition coefficient (Wildman–Crippen LogP) is 4.77. The van der Waals surface area contributed by atoms with E-state index in [9.17, 15) is 13.2 Å². The molecule has 7 heteroatoms. The van der Waals surface area contributed by atoms with Crippen LogP contribution in [0.25, 0.3) is 10.9 Å². The molecule has 0 spiro atoms. The lowest BCUT2D eigenvalue weighted by atomic mass is 10.1. The summed E-state index contributed by atoms with van der Waals surface area (Å²) in [6.07, 6.45) is -4.53. The minimum absolute atomic E-state index is 0.0157. The molecule has 0 saturated heterocycles. The molecule has 148 valence electrons. The van der Waals surface area contributed by atoms with E-state index in [4.69, 9.17) is 9.47 Å². The van der Waals surface area contributed by atoms with Crippen molar-refractivity contribution in [3.05, 3.63) is 65.7 Å². The Kier molecular flexibility index (Phi) is 6.04. The molecular formula is C21H21F3N2O2. The van der Waals surface area contributed by atoms with Crippen LogP contribution >= 0.6 is 0 Å². The van der Waals surface area contributed by atoms with E-state index in [1.807, 2.05) is 49.3 Å². The summed E-state index contributed by atoms with van der Waals surface area (Å²) in [5, 5.41) is -0.0157. The summed E-state index contributed by atoms with van der Waals surface area (Å²) >= 11 is 0. The first-order valence-electron chi connectivity index (χ1n) is 8.79. The molecule has 1 heterocycles. The first-order valence-corrected chi connectivity index (χ1v) is 8.79. The zero-order valence-corrected chi connectivity index (χ0v) is 15.7. The van der Waals surface area contributed by atoms with Gasteiger partial charge in [0.05, 0.1) is 11.1 Å². The Hall–Kier alpha value is -2.80. The number of hydrogen-bond acceptors (Lipinski definition) is 4. The van der Waals surface area contributed by atoms with Crippen LogP contribution < -0.4 is 9.47 Å². The second kappa shape index (κ2) is 8.48. The molecule has 0 N–H and O–H groups in total. The van der Waals surface area contributed by atoms with Gasteiger partial charge in [-0.2, -0.15) is 13.2 Å². The molecule has 0 aliphatic heterocycles. The molecule has 0 bridgehead atoms. The first kappa shape index (κ1) is 19.9.